The molecule has 4 rings (SSSR count). The third-order valence-corrected chi connectivity index (χ3v) is 6.90. The summed E-state index contributed by atoms with van der Waals surface area (Å²) in [6.45, 7) is 5.70. The van der Waals surface area contributed by atoms with E-state index in [-0.39, 0.29) is 23.6 Å². The number of rotatable bonds is 9. The van der Waals surface area contributed by atoms with Crippen LogP contribution in [0.25, 0.3) is 11.4 Å². The Bertz CT molecular complexity index is 1060. The summed E-state index contributed by atoms with van der Waals surface area (Å²) in [7, 11) is 0. The number of carbonyl (C=O) groups is 1. The molecule has 1 saturated heterocycles. The molecule has 0 radical (unpaired) electrons. The van der Waals surface area contributed by atoms with Gasteiger partial charge in [-0.2, -0.15) is 0 Å². The molecule has 6 nitrogen and oxygen atoms in total. The van der Waals surface area contributed by atoms with Crippen molar-refractivity contribution < 1.29 is 13.9 Å². The van der Waals surface area contributed by atoms with Gasteiger partial charge in [0.2, 0.25) is 5.91 Å². The van der Waals surface area contributed by atoms with Crippen LogP contribution in [0, 0.1) is 5.82 Å². The zero-order valence-electron chi connectivity index (χ0n) is 19.0. The summed E-state index contributed by atoms with van der Waals surface area (Å²) in [4.78, 5) is 12.6. The molecule has 2 atom stereocenters. The van der Waals surface area contributed by atoms with Crippen LogP contribution in [0.5, 0.6) is 0 Å². The zero-order chi connectivity index (χ0) is 23.2. The number of hydrogen-bond acceptors (Lipinski definition) is 5. The maximum atomic E-state index is 13.4. The van der Waals surface area contributed by atoms with Crippen LogP contribution in [0.3, 0.4) is 0 Å². The summed E-state index contributed by atoms with van der Waals surface area (Å²) in [5.74, 6) is 0.948. The molecule has 3 aromatic rings. The van der Waals surface area contributed by atoms with Crippen LogP contribution in [0.4, 0.5) is 10.1 Å². The van der Waals surface area contributed by atoms with Crippen molar-refractivity contribution in [2.75, 3.05) is 17.7 Å². The highest BCUT2D eigenvalue weighted by Crippen LogP contribution is 2.27. The van der Waals surface area contributed by atoms with Gasteiger partial charge in [0.15, 0.2) is 11.0 Å². The van der Waals surface area contributed by atoms with Gasteiger partial charge in [-0.1, -0.05) is 37.7 Å². The fourth-order valence-electron chi connectivity index (χ4n) is 3.82. The summed E-state index contributed by atoms with van der Waals surface area (Å²) < 4.78 is 21.2. The molecule has 174 valence electrons. The third kappa shape index (κ3) is 6.00. The van der Waals surface area contributed by atoms with Crippen molar-refractivity contribution in [2.24, 2.45) is 0 Å². The molecule has 1 N–H and O–H groups in total. The molecule has 1 amide bonds. The largest absolute Gasteiger partial charge is 0.376 e. The minimum Gasteiger partial charge on any atom is -0.376 e. The first-order valence-corrected chi connectivity index (χ1v) is 12.4. The van der Waals surface area contributed by atoms with Crippen molar-refractivity contribution in [3.63, 3.8) is 0 Å². The highest BCUT2D eigenvalue weighted by molar-refractivity contribution is 7.99. The number of carbonyl (C=O) groups excluding carboxylic acids is 1. The molecular weight excluding hydrogens is 439 g/mol. The summed E-state index contributed by atoms with van der Waals surface area (Å²) in [6, 6.07) is 14.2. The van der Waals surface area contributed by atoms with E-state index >= 15 is 0 Å². The molecular formula is C25H29FN4O2S. The standard InChI is InChI=1S/C25H29FN4O2S/c1-3-17(2)18-8-12-21(13-9-18)27-23(31)16-33-25-29-28-24(19-6-10-20(26)11-7-19)30(25)15-22-5-4-14-32-22/h6-13,17,22H,3-5,14-16H2,1-2H3,(H,27,31)/t17-,22+/m0/s1. The van der Waals surface area contributed by atoms with Gasteiger partial charge in [-0.05, 0) is 67.1 Å². The van der Waals surface area contributed by atoms with Crippen LogP contribution in [-0.4, -0.2) is 39.1 Å². The summed E-state index contributed by atoms with van der Waals surface area (Å²) in [6.07, 6.45) is 3.16. The topological polar surface area (TPSA) is 69.0 Å². The molecule has 8 heteroatoms. The van der Waals surface area contributed by atoms with Gasteiger partial charge in [0.05, 0.1) is 18.4 Å². The van der Waals surface area contributed by atoms with Gasteiger partial charge in [0.1, 0.15) is 5.82 Å². The SMILES string of the molecule is CC[C@H](C)c1ccc(NC(=O)CSc2nnc(-c3ccc(F)cc3)n2C[C@H]2CCCO2)cc1. The average molecular weight is 469 g/mol. The van der Waals surface area contributed by atoms with Gasteiger partial charge in [0.25, 0.3) is 0 Å². The van der Waals surface area contributed by atoms with Crippen molar-refractivity contribution in [1.82, 2.24) is 14.8 Å². The predicted molar refractivity (Wildman–Crippen MR) is 129 cm³/mol. The maximum Gasteiger partial charge on any atom is 0.234 e. The number of nitrogens with zero attached hydrogens (tertiary/aromatic N) is 3. The molecule has 2 heterocycles. The predicted octanol–water partition coefficient (Wildman–Crippen LogP) is 5.51. The number of ether oxygens (including phenoxy) is 1. The van der Waals surface area contributed by atoms with Crippen LogP contribution < -0.4 is 5.32 Å². The van der Waals surface area contributed by atoms with E-state index in [1.807, 2.05) is 16.7 Å². The number of hydrogen-bond donors (Lipinski definition) is 1. The number of benzene rings is 2. The normalized spacial score (nSPS) is 16.6. The van der Waals surface area contributed by atoms with E-state index in [0.29, 0.717) is 23.4 Å². The molecule has 1 aliphatic heterocycles. The van der Waals surface area contributed by atoms with Gasteiger partial charge in [-0.25, -0.2) is 4.39 Å². The lowest BCUT2D eigenvalue weighted by Gasteiger charge is -2.15. The van der Waals surface area contributed by atoms with E-state index < -0.39 is 0 Å². The Labute approximate surface area is 197 Å². The number of halogens is 1. The monoisotopic (exact) mass is 468 g/mol. The first-order valence-electron chi connectivity index (χ1n) is 11.4. The number of nitrogens with one attached hydrogen (secondary N) is 1. The van der Waals surface area contributed by atoms with Crippen LogP contribution in [0.2, 0.25) is 0 Å². The van der Waals surface area contributed by atoms with Gasteiger partial charge in [0, 0.05) is 17.9 Å². The average Bonchev–Trinajstić information content (AvgIpc) is 3.49. The maximum absolute atomic E-state index is 13.4. The highest BCUT2D eigenvalue weighted by atomic mass is 32.2. The highest BCUT2D eigenvalue weighted by Gasteiger charge is 2.22. The Hall–Kier alpha value is -2.71. The summed E-state index contributed by atoms with van der Waals surface area (Å²) in [5.41, 5.74) is 2.82. The molecule has 0 unspecified atom stereocenters. The molecule has 0 spiro atoms. The smallest absolute Gasteiger partial charge is 0.234 e. The van der Waals surface area contributed by atoms with Crippen molar-refractivity contribution in [1.29, 1.82) is 0 Å². The fraction of sp³-hybridized carbons (Fsp3) is 0.400. The molecule has 1 aromatic heterocycles. The quantitative estimate of drug-likeness (QED) is 0.420. The number of amides is 1. The van der Waals surface area contributed by atoms with Gasteiger partial charge >= 0.3 is 0 Å². The number of anilines is 1. The first-order chi connectivity index (χ1) is 16.0. The van der Waals surface area contributed by atoms with E-state index in [1.54, 1.807) is 12.1 Å². The Morgan fingerprint density at radius 2 is 1.97 bits per heavy atom. The van der Waals surface area contributed by atoms with E-state index in [0.717, 1.165) is 37.1 Å². The van der Waals surface area contributed by atoms with Crippen molar-refractivity contribution in [3.05, 3.63) is 59.9 Å². The van der Waals surface area contributed by atoms with Gasteiger partial charge in [-0.15, -0.1) is 10.2 Å². The molecule has 33 heavy (non-hydrogen) atoms. The lowest BCUT2D eigenvalue weighted by atomic mass is 9.99. The molecule has 1 fully saturated rings. The zero-order valence-corrected chi connectivity index (χ0v) is 19.8. The second-order valence-corrected chi connectivity index (χ2v) is 9.27. The van der Waals surface area contributed by atoms with E-state index in [4.69, 9.17) is 4.74 Å². The lowest BCUT2D eigenvalue weighted by molar-refractivity contribution is -0.113. The number of aromatic nitrogens is 3. The minimum absolute atomic E-state index is 0.0809. The Kier molecular flexibility index (Phi) is 7.77. The molecule has 2 aromatic carbocycles. The van der Waals surface area contributed by atoms with Gasteiger partial charge < -0.3 is 10.1 Å². The molecule has 1 aliphatic rings. The Morgan fingerprint density at radius 1 is 1.21 bits per heavy atom. The van der Waals surface area contributed by atoms with Crippen molar-refractivity contribution >= 4 is 23.4 Å². The van der Waals surface area contributed by atoms with E-state index in [9.17, 15) is 9.18 Å². The molecule has 0 aliphatic carbocycles. The van der Waals surface area contributed by atoms with Crippen LogP contribution in [-0.2, 0) is 16.1 Å². The van der Waals surface area contributed by atoms with E-state index in [2.05, 4.69) is 41.5 Å². The minimum atomic E-state index is -0.299. The van der Waals surface area contributed by atoms with Crippen molar-refractivity contribution in [2.45, 2.75) is 56.8 Å². The molecule has 0 bridgehead atoms. The second kappa shape index (κ2) is 10.9. The summed E-state index contributed by atoms with van der Waals surface area (Å²) in [5, 5.41) is 12.3. The second-order valence-electron chi connectivity index (χ2n) is 8.33. The van der Waals surface area contributed by atoms with Crippen LogP contribution in [0.1, 0.15) is 44.6 Å². The third-order valence-electron chi connectivity index (χ3n) is 5.94. The van der Waals surface area contributed by atoms with E-state index in [1.165, 1.54) is 29.5 Å². The van der Waals surface area contributed by atoms with Crippen molar-refractivity contribution in [3.8, 4) is 11.4 Å². The first kappa shape index (κ1) is 23.4. The Morgan fingerprint density at radius 3 is 2.64 bits per heavy atom. The Balaban J connectivity index is 1.44. The summed E-state index contributed by atoms with van der Waals surface area (Å²) >= 11 is 1.34. The lowest BCUT2D eigenvalue weighted by Crippen LogP contribution is -2.18. The fourth-order valence-corrected chi connectivity index (χ4v) is 4.57. The molecule has 0 saturated carbocycles. The van der Waals surface area contributed by atoms with Crippen LogP contribution in [0.15, 0.2) is 53.7 Å². The number of thioether (sulfide) groups is 1. The van der Waals surface area contributed by atoms with Crippen LogP contribution >= 0.6 is 11.8 Å². The van der Waals surface area contributed by atoms with Gasteiger partial charge in [-0.3, -0.25) is 9.36 Å².